The molecule has 100 valence electrons. The van der Waals surface area contributed by atoms with Gasteiger partial charge in [-0.25, -0.2) is 9.97 Å². The van der Waals surface area contributed by atoms with E-state index in [0.29, 0.717) is 5.82 Å². The molecule has 1 unspecified atom stereocenters. The number of ether oxygens (including phenoxy) is 1. The van der Waals surface area contributed by atoms with Crippen LogP contribution in [0.25, 0.3) is 0 Å². The van der Waals surface area contributed by atoms with E-state index >= 15 is 0 Å². The van der Waals surface area contributed by atoms with Gasteiger partial charge in [0.1, 0.15) is 11.9 Å². The summed E-state index contributed by atoms with van der Waals surface area (Å²) in [6, 6.07) is 7.37. The number of aliphatic hydroxyl groups excluding tert-OH is 1. The van der Waals surface area contributed by atoms with E-state index in [1.165, 1.54) is 0 Å². The topological polar surface area (TPSA) is 55.2 Å². The van der Waals surface area contributed by atoms with Gasteiger partial charge in [0.2, 0.25) is 0 Å². The summed E-state index contributed by atoms with van der Waals surface area (Å²) in [7, 11) is 0. The number of hydrogen-bond donors (Lipinski definition) is 1. The first-order valence-corrected chi connectivity index (χ1v) is 6.29. The number of benzene rings is 1. The predicted molar refractivity (Wildman–Crippen MR) is 73.0 cm³/mol. The van der Waals surface area contributed by atoms with Crippen molar-refractivity contribution in [3.8, 4) is 5.75 Å². The molecular formula is C15H18N2O2. The smallest absolute Gasteiger partial charge is 0.161 e. The molecule has 1 N–H and O–H groups in total. The third-order valence-corrected chi connectivity index (χ3v) is 2.59. The summed E-state index contributed by atoms with van der Waals surface area (Å²) in [5.74, 6) is 1.13. The van der Waals surface area contributed by atoms with Gasteiger partial charge in [-0.2, -0.15) is 0 Å². The largest absolute Gasteiger partial charge is 0.491 e. The van der Waals surface area contributed by atoms with Crippen LogP contribution in [0.15, 0.2) is 36.7 Å². The third-order valence-electron chi connectivity index (χ3n) is 2.59. The van der Waals surface area contributed by atoms with E-state index in [2.05, 4.69) is 9.97 Å². The van der Waals surface area contributed by atoms with Gasteiger partial charge in [-0.15, -0.1) is 0 Å². The van der Waals surface area contributed by atoms with E-state index in [1.807, 2.05) is 45.0 Å². The van der Waals surface area contributed by atoms with Crippen molar-refractivity contribution in [3.63, 3.8) is 0 Å². The van der Waals surface area contributed by atoms with Crippen molar-refractivity contribution in [2.75, 3.05) is 0 Å². The van der Waals surface area contributed by atoms with E-state index in [1.54, 1.807) is 12.4 Å². The Balaban J connectivity index is 2.23. The van der Waals surface area contributed by atoms with Crippen LogP contribution >= 0.6 is 0 Å². The molecule has 1 aromatic heterocycles. The van der Waals surface area contributed by atoms with Crippen LogP contribution < -0.4 is 4.74 Å². The van der Waals surface area contributed by atoms with Crippen LogP contribution in [0.2, 0.25) is 0 Å². The molecule has 2 rings (SSSR count). The summed E-state index contributed by atoms with van der Waals surface area (Å²) < 4.78 is 5.61. The fourth-order valence-electron chi connectivity index (χ4n) is 1.72. The standard InChI is InChI=1S/C15H18N2O2/c1-10(2)19-13-6-4-5-12(7-13)14(18)15-16-8-11(3)9-17-15/h4-10,14,18H,1-3H3. The van der Waals surface area contributed by atoms with Gasteiger partial charge in [0.15, 0.2) is 5.82 Å². The second kappa shape index (κ2) is 5.80. The minimum Gasteiger partial charge on any atom is -0.491 e. The van der Waals surface area contributed by atoms with Gasteiger partial charge in [0.05, 0.1) is 6.10 Å². The third kappa shape index (κ3) is 3.51. The molecule has 0 saturated carbocycles. The summed E-state index contributed by atoms with van der Waals surface area (Å²) >= 11 is 0. The average Bonchev–Trinajstić information content (AvgIpc) is 2.38. The number of aryl methyl sites for hydroxylation is 1. The van der Waals surface area contributed by atoms with E-state index in [9.17, 15) is 5.11 Å². The highest BCUT2D eigenvalue weighted by atomic mass is 16.5. The predicted octanol–water partition coefficient (Wildman–Crippen LogP) is 2.65. The Morgan fingerprint density at radius 1 is 1.16 bits per heavy atom. The maximum Gasteiger partial charge on any atom is 0.161 e. The molecule has 4 nitrogen and oxygen atoms in total. The second-order valence-electron chi connectivity index (χ2n) is 4.76. The zero-order chi connectivity index (χ0) is 13.8. The van der Waals surface area contributed by atoms with Crippen molar-refractivity contribution in [2.24, 2.45) is 0 Å². The van der Waals surface area contributed by atoms with E-state index in [4.69, 9.17) is 4.74 Å². The average molecular weight is 258 g/mol. The van der Waals surface area contributed by atoms with Crippen LogP contribution in [0.1, 0.15) is 36.9 Å². The molecule has 0 bridgehead atoms. The van der Waals surface area contributed by atoms with Crippen LogP contribution in [0.4, 0.5) is 0 Å². The first kappa shape index (κ1) is 13.5. The van der Waals surface area contributed by atoms with Crippen LogP contribution in [-0.2, 0) is 0 Å². The highest BCUT2D eigenvalue weighted by Crippen LogP contribution is 2.23. The molecule has 4 heteroatoms. The molecule has 1 heterocycles. The molecule has 2 aromatic rings. The minimum atomic E-state index is -0.837. The van der Waals surface area contributed by atoms with Crippen molar-refractivity contribution in [1.82, 2.24) is 9.97 Å². The molecule has 0 saturated heterocycles. The Morgan fingerprint density at radius 3 is 2.47 bits per heavy atom. The van der Waals surface area contributed by atoms with Crippen LogP contribution in [0.3, 0.4) is 0 Å². The Bertz CT molecular complexity index is 538. The lowest BCUT2D eigenvalue weighted by Gasteiger charge is -2.13. The maximum absolute atomic E-state index is 10.3. The summed E-state index contributed by atoms with van der Waals surface area (Å²) in [6.07, 6.45) is 2.65. The van der Waals surface area contributed by atoms with Gasteiger partial charge in [-0.3, -0.25) is 0 Å². The lowest BCUT2D eigenvalue weighted by Crippen LogP contribution is -2.08. The van der Waals surface area contributed by atoms with Crippen molar-refractivity contribution in [2.45, 2.75) is 33.0 Å². The highest BCUT2D eigenvalue weighted by molar-refractivity contribution is 5.32. The molecule has 0 aliphatic carbocycles. The Labute approximate surface area is 113 Å². The Morgan fingerprint density at radius 2 is 1.84 bits per heavy atom. The van der Waals surface area contributed by atoms with Gasteiger partial charge < -0.3 is 9.84 Å². The van der Waals surface area contributed by atoms with Crippen LogP contribution in [0, 0.1) is 6.92 Å². The van der Waals surface area contributed by atoms with Gasteiger partial charge >= 0.3 is 0 Å². The number of aromatic nitrogens is 2. The van der Waals surface area contributed by atoms with E-state index in [0.717, 1.165) is 16.9 Å². The summed E-state index contributed by atoms with van der Waals surface area (Å²) in [6.45, 7) is 5.84. The van der Waals surface area contributed by atoms with E-state index in [-0.39, 0.29) is 6.10 Å². The molecule has 0 aliphatic rings. The number of hydrogen-bond acceptors (Lipinski definition) is 4. The highest BCUT2D eigenvalue weighted by Gasteiger charge is 2.14. The Kier molecular flexibility index (Phi) is 4.12. The maximum atomic E-state index is 10.3. The normalized spacial score (nSPS) is 12.5. The molecule has 0 fully saturated rings. The summed E-state index contributed by atoms with van der Waals surface area (Å²) in [4.78, 5) is 8.29. The number of nitrogens with zero attached hydrogens (tertiary/aromatic N) is 2. The molecule has 1 aromatic carbocycles. The van der Waals surface area contributed by atoms with Gasteiger partial charge in [-0.1, -0.05) is 12.1 Å². The number of aliphatic hydroxyl groups is 1. The van der Waals surface area contributed by atoms with Crippen molar-refractivity contribution < 1.29 is 9.84 Å². The van der Waals surface area contributed by atoms with Gasteiger partial charge in [-0.05, 0) is 44.0 Å². The Hall–Kier alpha value is -1.94. The molecule has 19 heavy (non-hydrogen) atoms. The monoisotopic (exact) mass is 258 g/mol. The van der Waals surface area contributed by atoms with E-state index < -0.39 is 6.10 Å². The summed E-state index contributed by atoms with van der Waals surface area (Å²) in [5.41, 5.74) is 1.69. The first-order valence-electron chi connectivity index (χ1n) is 6.29. The molecule has 0 amide bonds. The fourth-order valence-corrected chi connectivity index (χ4v) is 1.72. The molecular weight excluding hydrogens is 240 g/mol. The lowest BCUT2D eigenvalue weighted by atomic mass is 10.1. The second-order valence-corrected chi connectivity index (χ2v) is 4.76. The van der Waals surface area contributed by atoms with Crippen molar-refractivity contribution >= 4 is 0 Å². The summed E-state index contributed by atoms with van der Waals surface area (Å²) in [5, 5.41) is 10.3. The lowest BCUT2D eigenvalue weighted by molar-refractivity contribution is 0.207. The zero-order valence-electron chi connectivity index (χ0n) is 11.4. The SMILES string of the molecule is Cc1cnc(C(O)c2cccc(OC(C)C)c2)nc1. The first-order chi connectivity index (χ1) is 9.06. The molecule has 0 radical (unpaired) electrons. The van der Waals surface area contributed by atoms with Gasteiger partial charge in [0.25, 0.3) is 0 Å². The van der Waals surface area contributed by atoms with Crippen molar-refractivity contribution in [1.29, 1.82) is 0 Å². The van der Waals surface area contributed by atoms with Gasteiger partial charge in [0, 0.05) is 12.4 Å². The molecule has 0 aliphatic heterocycles. The molecule has 0 spiro atoms. The minimum absolute atomic E-state index is 0.100. The van der Waals surface area contributed by atoms with Crippen LogP contribution in [0.5, 0.6) is 5.75 Å². The fraction of sp³-hybridized carbons (Fsp3) is 0.333. The number of rotatable bonds is 4. The zero-order valence-corrected chi connectivity index (χ0v) is 11.4. The van der Waals surface area contributed by atoms with Crippen LogP contribution in [-0.4, -0.2) is 21.2 Å². The molecule has 1 atom stereocenters. The van der Waals surface area contributed by atoms with Crippen molar-refractivity contribution in [3.05, 3.63) is 53.6 Å². The quantitative estimate of drug-likeness (QED) is 0.916.